The molecule has 1 amide bonds. The van der Waals surface area contributed by atoms with Crippen LogP contribution in [-0.4, -0.2) is 17.6 Å². The van der Waals surface area contributed by atoms with E-state index in [1.54, 1.807) is 12.1 Å². The van der Waals surface area contributed by atoms with Gasteiger partial charge in [-0.05, 0) is 47.2 Å². The molecule has 1 atom stereocenters. The summed E-state index contributed by atoms with van der Waals surface area (Å²) in [5.74, 6) is 0.963. The van der Waals surface area contributed by atoms with Gasteiger partial charge in [-0.2, -0.15) is 0 Å². The van der Waals surface area contributed by atoms with E-state index in [1.165, 1.54) is 17.6 Å². The summed E-state index contributed by atoms with van der Waals surface area (Å²) in [4.78, 5) is 13.8. The standard InChI is InChI=1S/C22H19NO4S/c24-21(14-27-17-8-7-15-4-1-2-5-16(15)12-17)23-13-18-9-10-20(28-18)22(25)19-6-3-11-26-19/h1-12,22,25H,13-14H2,(H,23,24). The highest BCUT2D eigenvalue weighted by Crippen LogP contribution is 2.28. The predicted molar refractivity (Wildman–Crippen MR) is 108 cm³/mol. The molecule has 2 aromatic carbocycles. The molecule has 2 N–H and O–H groups in total. The Kier molecular flexibility index (Phi) is 5.41. The number of rotatable bonds is 7. The maximum absolute atomic E-state index is 12.1. The molecular formula is C22H19NO4S. The monoisotopic (exact) mass is 393 g/mol. The summed E-state index contributed by atoms with van der Waals surface area (Å²) in [5.41, 5.74) is 0. The Morgan fingerprint density at radius 3 is 2.75 bits per heavy atom. The highest BCUT2D eigenvalue weighted by molar-refractivity contribution is 7.12. The van der Waals surface area contributed by atoms with Crippen molar-refractivity contribution in [3.8, 4) is 5.75 Å². The topological polar surface area (TPSA) is 71.7 Å². The van der Waals surface area contributed by atoms with E-state index in [2.05, 4.69) is 5.32 Å². The second-order valence-electron chi connectivity index (χ2n) is 6.30. The second-order valence-corrected chi connectivity index (χ2v) is 7.50. The van der Waals surface area contributed by atoms with Crippen LogP contribution < -0.4 is 10.1 Å². The normalized spacial score (nSPS) is 12.0. The number of amides is 1. The van der Waals surface area contributed by atoms with E-state index in [4.69, 9.17) is 9.15 Å². The SMILES string of the molecule is O=C(COc1ccc2ccccc2c1)NCc1ccc(C(O)c2ccco2)s1. The molecule has 0 bridgehead atoms. The van der Waals surface area contributed by atoms with Crippen LogP contribution in [0.15, 0.2) is 77.4 Å². The van der Waals surface area contributed by atoms with Crippen molar-refractivity contribution >= 4 is 28.0 Å². The van der Waals surface area contributed by atoms with Gasteiger partial charge >= 0.3 is 0 Å². The number of carbonyl (C=O) groups excluding carboxylic acids is 1. The smallest absolute Gasteiger partial charge is 0.258 e. The zero-order valence-corrected chi connectivity index (χ0v) is 15.8. The minimum absolute atomic E-state index is 0.0500. The second kappa shape index (κ2) is 8.29. The highest BCUT2D eigenvalue weighted by atomic mass is 32.1. The molecule has 1 unspecified atom stereocenters. The molecule has 28 heavy (non-hydrogen) atoms. The molecule has 0 saturated carbocycles. The molecule has 4 rings (SSSR count). The number of aliphatic hydroxyl groups excluding tert-OH is 1. The number of benzene rings is 2. The quantitative estimate of drug-likeness (QED) is 0.492. The zero-order valence-electron chi connectivity index (χ0n) is 15.0. The summed E-state index contributed by atoms with van der Waals surface area (Å²) in [6.07, 6.45) is 0.740. The van der Waals surface area contributed by atoms with E-state index in [-0.39, 0.29) is 12.5 Å². The number of carbonyl (C=O) groups is 1. The summed E-state index contributed by atoms with van der Waals surface area (Å²) in [6, 6.07) is 20.9. The van der Waals surface area contributed by atoms with Crippen LogP contribution in [0.25, 0.3) is 10.8 Å². The van der Waals surface area contributed by atoms with Crippen LogP contribution in [0.1, 0.15) is 21.6 Å². The van der Waals surface area contributed by atoms with Crippen molar-refractivity contribution in [2.75, 3.05) is 6.61 Å². The molecule has 0 radical (unpaired) electrons. The van der Waals surface area contributed by atoms with Crippen molar-refractivity contribution in [3.63, 3.8) is 0 Å². The Labute approximate surface area is 166 Å². The summed E-state index contributed by atoms with van der Waals surface area (Å²) in [7, 11) is 0. The number of ether oxygens (including phenoxy) is 1. The molecule has 0 aliphatic rings. The Bertz CT molecular complexity index is 1070. The van der Waals surface area contributed by atoms with E-state index < -0.39 is 6.10 Å². The van der Waals surface area contributed by atoms with Gasteiger partial charge in [-0.25, -0.2) is 0 Å². The van der Waals surface area contributed by atoms with Crippen molar-refractivity contribution in [1.82, 2.24) is 5.32 Å². The van der Waals surface area contributed by atoms with Crippen molar-refractivity contribution in [2.24, 2.45) is 0 Å². The average molecular weight is 393 g/mol. The fraction of sp³-hybridized carbons (Fsp3) is 0.136. The molecule has 4 aromatic rings. The molecule has 5 nitrogen and oxygen atoms in total. The molecule has 0 spiro atoms. The van der Waals surface area contributed by atoms with Gasteiger partial charge in [0.2, 0.25) is 0 Å². The van der Waals surface area contributed by atoms with Gasteiger partial charge in [0.15, 0.2) is 6.61 Å². The molecule has 2 heterocycles. The van der Waals surface area contributed by atoms with Gasteiger partial charge in [0, 0.05) is 9.75 Å². The van der Waals surface area contributed by atoms with Gasteiger partial charge in [-0.3, -0.25) is 4.79 Å². The van der Waals surface area contributed by atoms with Crippen molar-refractivity contribution in [3.05, 3.63) is 88.5 Å². The van der Waals surface area contributed by atoms with Crippen molar-refractivity contribution in [1.29, 1.82) is 0 Å². The zero-order chi connectivity index (χ0) is 19.3. The van der Waals surface area contributed by atoms with E-state index in [9.17, 15) is 9.90 Å². The highest BCUT2D eigenvalue weighted by Gasteiger charge is 2.15. The first-order chi connectivity index (χ1) is 13.7. The molecule has 0 aliphatic heterocycles. The fourth-order valence-electron chi connectivity index (χ4n) is 2.87. The van der Waals surface area contributed by atoms with Crippen LogP contribution in [-0.2, 0) is 11.3 Å². The van der Waals surface area contributed by atoms with Crippen LogP contribution in [0.4, 0.5) is 0 Å². The molecular weight excluding hydrogens is 374 g/mol. The van der Waals surface area contributed by atoms with E-state index >= 15 is 0 Å². The largest absolute Gasteiger partial charge is 0.484 e. The Morgan fingerprint density at radius 1 is 1.07 bits per heavy atom. The van der Waals surface area contributed by atoms with Gasteiger partial charge in [0.1, 0.15) is 17.6 Å². The van der Waals surface area contributed by atoms with Crippen LogP contribution in [0.5, 0.6) is 5.75 Å². The number of furan rings is 1. The average Bonchev–Trinajstić information content (AvgIpc) is 3.42. The third-order valence-electron chi connectivity index (χ3n) is 4.32. The first-order valence-corrected chi connectivity index (χ1v) is 9.69. The Balaban J connectivity index is 1.28. The van der Waals surface area contributed by atoms with E-state index in [0.717, 1.165) is 20.5 Å². The number of nitrogens with one attached hydrogen (secondary N) is 1. The fourth-order valence-corrected chi connectivity index (χ4v) is 3.81. The van der Waals surface area contributed by atoms with Crippen LogP contribution in [0, 0.1) is 0 Å². The van der Waals surface area contributed by atoms with E-state index in [0.29, 0.717) is 18.1 Å². The first kappa shape index (κ1) is 18.3. The minimum Gasteiger partial charge on any atom is -0.484 e. The van der Waals surface area contributed by atoms with Crippen LogP contribution >= 0.6 is 11.3 Å². The van der Waals surface area contributed by atoms with E-state index in [1.807, 2.05) is 54.6 Å². The lowest BCUT2D eigenvalue weighted by Gasteiger charge is -2.08. The third-order valence-corrected chi connectivity index (χ3v) is 5.45. The Hall–Kier alpha value is -3.09. The van der Waals surface area contributed by atoms with Gasteiger partial charge in [-0.15, -0.1) is 11.3 Å². The molecule has 2 aromatic heterocycles. The molecule has 0 aliphatic carbocycles. The first-order valence-electron chi connectivity index (χ1n) is 8.87. The number of fused-ring (bicyclic) bond motifs is 1. The number of thiophene rings is 1. The minimum atomic E-state index is -0.791. The molecule has 142 valence electrons. The summed E-state index contributed by atoms with van der Waals surface area (Å²) >= 11 is 1.43. The lowest BCUT2D eigenvalue weighted by atomic mass is 10.1. The Morgan fingerprint density at radius 2 is 1.93 bits per heavy atom. The molecule has 0 saturated heterocycles. The van der Waals surface area contributed by atoms with Crippen molar-refractivity contribution in [2.45, 2.75) is 12.6 Å². The summed E-state index contributed by atoms with van der Waals surface area (Å²) in [5, 5.41) is 15.3. The maximum Gasteiger partial charge on any atom is 0.258 e. The van der Waals surface area contributed by atoms with Crippen LogP contribution in [0.3, 0.4) is 0 Å². The van der Waals surface area contributed by atoms with Gasteiger partial charge in [-0.1, -0.05) is 30.3 Å². The number of aliphatic hydroxyl groups is 1. The number of hydrogen-bond donors (Lipinski definition) is 2. The predicted octanol–water partition coefficient (Wildman–Crippen LogP) is 4.27. The summed E-state index contributed by atoms with van der Waals surface area (Å²) < 4.78 is 10.8. The third kappa shape index (κ3) is 4.24. The lowest BCUT2D eigenvalue weighted by molar-refractivity contribution is -0.123. The maximum atomic E-state index is 12.1. The van der Waals surface area contributed by atoms with Gasteiger partial charge in [0.25, 0.3) is 5.91 Å². The van der Waals surface area contributed by atoms with Gasteiger partial charge in [0.05, 0.1) is 12.8 Å². The molecule has 6 heteroatoms. The number of hydrogen-bond acceptors (Lipinski definition) is 5. The lowest BCUT2D eigenvalue weighted by Crippen LogP contribution is -2.28. The van der Waals surface area contributed by atoms with Crippen molar-refractivity contribution < 1.29 is 19.1 Å². The van der Waals surface area contributed by atoms with Crippen LogP contribution in [0.2, 0.25) is 0 Å². The molecule has 0 fully saturated rings. The summed E-state index contributed by atoms with van der Waals surface area (Å²) in [6.45, 7) is 0.334. The van der Waals surface area contributed by atoms with Gasteiger partial charge < -0.3 is 19.6 Å².